The van der Waals surface area contributed by atoms with Gasteiger partial charge in [0, 0.05) is 13.1 Å². The molecule has 0 heterocycles. The van der Waals surface area contributed by atoms with E-state index in [0.717, 1.165) is 10.8 Å². The SMILES string of the molecule is CC(C)(C)OC(=O)NCCN(CC(N)=O)C(=O)O.CC1CCCCC1. The minimum atomic E-state index is -1.28. The van der Waals surface area contributed by atoms with Crippen LogP contribution in [0.5, 0.6) is 0 Å². The number of rotatable bonds is 5. The van der Waals surface area contributed by atoms with Gasteiger partial charge < -0.3 is 20.9 Å². The number of nitrogens with zero attached hydrogens (tertiary/aromatic N) is 1. The summed E-state index contributed by atoms with van der Waals surface area (Å²) in [5.41, 5.74) is 4.27. The maximum absolute atomic E-state index is 11.2. The Balaban J connectivity index is 0.000000676. The highest BCUT2D eigenvalue weighted by Crippen LogP contribution is 2.22. The number of carbonyl (C=O) groups excluding carboxylic acids is 2. The van der Waals surface area contributed by atoms with Gasteiger partial charge in [-0.05, 0) is 26.7 Å². The number of hydrogen-bond acceptors (Lipinski definition) is 4. The Morgan fingerprint density at radius 2 is 1.76 bits per heavy atom. The lowest BCUT2D eigenvalue weighted by Crippen LogP contribution is -2.43. The summed E-state index contributed by atoms with van der Waals surface area (Å²) >= 11 is 0. The van der Waals surface area contributed by atoms with Crippen molar-refractivity contribution in [2.45, 2.75) is 65.4 Å². The predicted molar refractivity (Wildman–Crippen MR) is 95.3 cm³/mol. The van der Waals surface area contributed by atoms with Crippen molar-refractivity contribution in [2.75, 3.05) is 19.6 Å². The molecular formula is C17H33N3O5. The van der Waals surface area contributed by atoms with E-state index in [1.807, 2.05) is 0 Å². The van der Waals surface area contributed by atoms with Crippen molar-refractivity contribution in [3.05, 3.63) is 0 Å². The summed E-state index contributed by atoms with van der Waals surface area (Å²) in [6.45, 7) is 7.08. The van der Waals surface area contributed by atoms with Crippen LogP contribution in [0.3, 0.4) is 0 Å². The van der Waals surface area contributed by atoms with Crippen LogP contribution in [-0.4, -0.2) is 53.3 Å². The summed E-state index contributed by atoms with van der Waals surface area (Å²) < 4.78 is 4.95. The van der Waals surface area contributed by atoms with E-state index in [0.29, 0.717) is 0 Å². The first-order valence-electron chi connectivity index (χ1n) is 8.74. The minimum absolute atomic E-state index is 0.0362. The molecule has 0 saturated heterocycles. The molecule has 0 atom stereocenters. The largest absolute Gasteiger partial charge is 0.465 e. The molecule has 3 amide bonds. The van der Waals surface area contributed by atoms with Crippen molar-refractivity contribution < 1.29 is 24.2 Å². The van der Waals surface area contributed by atoms with Crippen molar-refractivity contribution in [2.24, 2.45) is 11.7 Å². The van der Waals surface area contributed by atoms with Gasteiger partial charge in [0.05, 0.1) is 0 Å². The first kappa shape index (κ1) is 23.0. The van der Waals surface area contributed by atoms with Gasteiger partial charge in [0.2, 0.25) is 5.91 Å². The first-order chi connectivity index (χ1) is 11.5. The fourth-order valence-electron chi connectivity index (χ4n) is 2.34. The summed E-state index contributed by atoms with van der Waals surface area (Å²) in [4.78, 5) is 33.4. The van der Waals surface area contributed by atoms with Gasteiger partial charge in [0.15, 0.2) is 0 Å². The minimum Gasteiger partial charge on any atom is -0.465 e. The zero-order chi connectivity index (χ0) is 19.5. The summed E-state index contributed by atoms with van der Waals surface area (Å²) in [5, 5.41) is 11.1. The number of hydrogen-bond donors (Lipinski definition) is 3. The average molecular weight is 359 g/mol. The Hall–Kier alpha value is -1.99. The van der Waals surface area contributed by atoms with E-state index in [2.05, 4.69) is 12.2 Å². The molecule has 0 aromatic heterocycles. The molecule has 8 nitrogen and oxygen atoms in total. The van der Waals surface area contributed by atoms with E-state index in [1.54, 1.807) is 20.8 Å². The topological polar surface area (TPSA) is 122 Å². The number of carbonyl (C=O) groups is 3. The molecule has 0 aliphatic heterocycles. The molecule has 1 aliphatic rings. The molecule has 8 heteroatoms. The Labute approximate surface area is 150 Å². The molecule has 0 bridgehead atoms. The molecular weight excluding hydrogens is 326 g/mol. The highest BCUT2D eigenvalue weighted by molar-refractivity contribution is 5.80. The number of ether oxygens (including phenoxy) is 1. The monoisotopic (exact) mass is 359 g/mol. The fraction of sp³-hybridized carbons (Fsp3) is 0.824. The zero-order valence-electron chi connectivity index (χ0n) is 15.8. The van der Waals surface area contributed by atoms with Gasteiger partial charge in [-0.15, -0.1) is 0 Å². The number of nitrogens with one attached hydrogen (secondary N) is 1. The quantitative estimate of drug-likeness (QED) is 0.696. The van der Waals surface area contributed by atoms with E-state index in [9.17, 15) is 14.4 Å². The Kier molecular flexibility index (Phi) is 10.6. The fourth-order valence-corrected chi connectivity index (χ4v) is 2.34. The van der Waals surface area contributed by atoms with Gasteiger partial charge in [0.1, 0.15) is 12.1 Å². The second-order valence-corrected chi connectivity index (χ2v) is 7.34. The maximum Gasteiger partial charge on any atom is 0.407 e. The zero-order valence-corrected chi connectivity index (χ0v) is 15.8. The maximum atomic E-state index is 11.2. The molecule has 25 heavy (non-hydrogen) atoms. The van der Waals surface area contributed by atoms with Gasteiger partial charge >= 0.3 is 12.2 Å². The molecule has 0 aromatic rings. The number of alkyl carbamates (subject to hydrolysis) is 1. The molecule has 1 saturated carbocycles. The van der Waals surface area contributed by atoms with E-state index in [1.165, 1.54) is 32.1 Å². The molecule has 0 unspecified atom stereocenters. The van der Waals surface area contributed by atoms with Crippen LogP contribution < -0.4 is 11.1 Å². The van der Waals surface area contributed by atoms with Gasteiger partial charge in [0.25, 0.3) is 0 Å². The number of primary amides is 1. The first-order valence-corrected chi connectivity index (χ1v) is 8.74. The second-order valence-electron chi connectivity index (χ2n) is 7.34. The molecule has 1 aliphatic carbocycles. The molecule has 0 aromatic carbocycles. The summed E-state index contributed by atoms with van der Waals surface area (Å²) in [6, 6.07) is 0. The molecule has 1 rings (SSSR count). The van der Waals surface area contributed by atoms with Crippen LogP contribution in [0.1, 0.15) is 59.8 Å². The van der Waals surface area contributed by atoms with Gasteiger partial charge in [-0.1, -0.05) is 39.0 Å². The lowest BCUT2D eigenvalue weighted by atomic mass is 9.91. The summed E-state index contributed by atoms with van der Waals surface area (Å²) in [5.74, 6) is 0.281. The van der Waals surface area contributed by atoms with Crippen LogP contribution in [-0.2, 0) is 9.53 Å². The van der Waals surface area contributed by atoms with E-state index in [-0.39, 0.29) is 13.1 Å². The van der Waals surface area contributed by atoms with Crippen molar-refractivity contribution in [1.82, 2.24) is 10.2 Å². The standard InChI is InChI=1S/C10H19N3O5.C7H14/c1-10(2,3)18-8(15)12-4-5-13(9(16)17)6-7(11)14;1-7-5-3-2-4-6-7/h4-6H2,1-3H3,(H2,11,14)(H,12,15)(H,16,17);7H,2-6H2,1H3. The summed E-state index contributed by atoms with van der Waals surface area (Å²) in [6.07, 6.45) is 5.51. The molecule has 0 radical (unpaired) electrons. The molecule has 1 fully saturated rings. The molecule has 4 N–H and O–H groups in total. The van der Waals surface area contributed by atoms with Crippen molar-refractivity contribution >= 4 is 18.1 Å². The van der Waals surface area contributed by atoms with Crippen LogP contribution in [0.15, 0.2) is 0 Å². The third-order valence-corrected chi connectivity index (χ3v) is 3.56. The van der Waals surface area contributed by atoms with Crippen molar-refractivity contribution in [3.63, 3.8) is 0 Å². The third kappa shape index (κ3) is 14.1. The van der Waals surface area contributed by atoms with Crippen LogP contribution in [0.4, 0.5) is 9.59 Å². The van der Waals surface area contributed by atoms with Crippen molar-refractivity contribution in [3.8, 4) is 0 Å². The third-order valence-electron chi connectivity index (χ3n) is 3.56. The lowest BCUT2D eigenvalue weighted by Gasteiger charge is -2.21. The average Bonchev–Trinajstić information content (AvgIpc) is 2.45. The Bertz CT molecular complexity index is 428. The molecule has 146 valence electrons. The van der Waals surface area contributed by atoms with E-state index in [4.69, 9.17) is 15.6 Å². The summed E-state index contributed by atoms with van der Waals surface area (Å²) in [7, 11) is 0. The number of amides is 3. The predicted octanol–water partition coefficient (Wildman–Crippen LogP) is 2.56. The molecule has 0 spiro atoms. The smallest absolute Gasteiger partial charge is 0.407 e. The second kappa shape index (κ2) is 11.5. The Morgan fingerprint density at radius 3 is 2.12 bits per heavy atom. The van der Waals surface area contributed by atoms with Crippen LogP contribution in [0.25, 0.3) is 0 Å². The van der Waals surface area contributed by atoms with Gasteiger partial charge in [-0.3, -0.25) is 9.69 Å². The Morgan fingerprint density at radius 1 is 1.20 bits per heavy atom. The van der Waals surface area contributed by atoms with Gasteiger partial charge in [-0.25, -0.2) is 9.59 Å². The highest BCUT2D eigenvalue weighted by atomic mass is 16.6. The van der Waals surface area contributed by atoms with Crippen LogP contribution >= 0.6 is 0 Å². The van der Waals surface area contributed by atoms with E-state index >= 15 is 0 Å². The van der Waals surface area contributed by atoms with Crippen molar-refractivity contribution in [1.29, 1.82) is 0 Å². The van der Waals surface area contributed by atoms with E-state index < -0.39 is 30.2 Å². The van der Waals surface area contributed by atoms with Crippen LogP contribution in [0, 0.1) is 5.92 Å². The lowest BCUT2D eigenvalue weighted by molar-refractivity contribution is -0.118. The number of nitrogens with two attached hydrogens (primary N) is 1. The van der Waals surface area contributed by atoms with Crippen LogP contribution in [0.2, 0.25) is 0 Å². The van der Waals surface area contributed by atoms with Gasteiger partial charge in [-0.2, -0.15) is 0 Å². The number of carboxylic acid groups (broad SMARTS) is 1. The normalized spacial score (nSPS) is 14.7. The highest BCUT2D eigenvalue weighted by Gasteiger charge is 2.17.